The summed E-state index contributed by atoms with van der Waals surface area (Å²) < 4.78 is 0. The number of hydrogen-bond donors (Lipinski definition) is 1. The monoisotopic (exact) mass is 323 g/mol. The quantitative estimate of drug-likeness (QED) is 0.786. The smallest absolute Gasteiger partial charge is 0.227 e. The zero-order valence-electron chi connectivity index (χ0n) is 15.1. The van der Waals surface area contributed by atoms with Gasteiger partial charge in [-0.05, 0) is 51.7 Å². The fraction of sp³-hybridized carbons (Fsp3) is 0.889. The molecule has 2 rings (SSSR count). The van der Waals surface area contributed by atoms with Gasteiger partial charge < -0.3 is 15.1 Å². The minimum atomic E-state index is -0.329. The number of likely N-dealkylation sites (tertiary alicyclic amines) is 2. The van der Waals surface area contributed by atoms with E-state index in [9.17, 15) is 9.59 Å². The molecule has 2 heterocycles. The molecule has 0 aromatic rings. The van der Waals surface area contributed by atoms with Crippen molar-refractivity contribution in [1.82, 2.24) is 15.1 Å². The Labute approximate surface area is 140 Å². The van der Waals surface area contributed by atoms with Crippen molar-refractivity contribution >= 4 is 11.8 Å². The summed E-state index contributed by atoms with van der Waals surface area (Å²) in [7, 11) is 0. The SMILES string of the molecule is CC(C)(C)C(=O)N1CCC(C(=O)NCCCN2CCCC2)CC1. The van der Waals surface area contributed by atoms with Crippen LogP contribution in [0.15, 0.2) is 0 Å². The lowest BCUT2D eigenvalue weighted by molar-refractivity contribution is -0.142. The van der Waals surface area contributed by atoms with E-state index in [1.165, 1.54) is 25.9 Å². The third-order valence-electron chi connectivity index (χ3n) is 4.94. The summed E-state index contributed by atoms with van der Waals surface area (Å²) in [6.07, 6.45) is 5.25. The minimum Gasteiger partial charge on any atom is -0.356 e. The Morgan fingerprint density at radius 2 is 1.65 bits per heavy atom. The van der Waals surface area contributed by atoms with Crippen LogP contribution in [0.2, 0.25) is 0 Å². The first-order chi connectivity index (χ1) is 10.9. The van der Waals surface area contributed by atoms with Gasteiger partial charge in [0, 0.05) is 31.0 Å². The number of carbonyl (C=O) groups is 2. The van der Waals surface area contributed by atoms with Crippen molar-refractivity contribution in [3.8, 4) is 0 Å². The Kier molecular flexibility index (Phi) is 6.45. The molecule has 0 saturated carbocycles. The number of carbonyl (C=O) groups excluding carboxylic acids is 2. The lowest BCUT2D eigenvalue weighted by Gasteiger charge is -2.35. The predicted molar refractivity (Wildman–Crippen MR) is 92.1 cm³/mol. The van der Waals surface area contributed by atoms with Crippen LogP contribution < -0.4 is 5.32 Å². The molecule has 1 N–H and O–H groups in total. The van der Waals surface area contributed by atoms with Gasteiger partial charge in [-0.25, -0.2) is 0 Å². The van der Waals surface area contributed by atoms with Crippen molar-refractivity contribution in [2.75, 3.05) is 39.3 Å². The van der Waals surface area contributed by atoms with Crippen LogP contribution in [0.25, 0.3) is 0 Å². The van der Waals surface area contributed by atoms with Gasteiger partial charge in [-0.2, -0.15) is 0 Å². The molecule has 2 fully saturated rings. The maximum Gasteiger partial charge on any atom is 0.227 e. The van der Waals surface area contributed by atoms with Crippen LogP contribution in [-0.4, -0.2) is 60.9 Å². The summed E-state index contributed by atoms with van der Waals surface area (Å²) >= 11 is 0. The van der Waals surface area contributed by atoms with E-state index < -0.39 is 0 Å². The van der Waals surface area contributed by atoms with Crippen LogP contribution in [0.4, 0.5) is 0 Å². The first-order valence-corrected chi connectivity index (χ1v) is 9.17. The Hall–Kier alpha value is -1.10. The predicted octanol–water partition coefficient (Wildman–Crippen LogP) is 1.87. The van der Waals surface area contributed by atoms with E-state index in [4.69, 9.17) is 0 Å². The maximum absolute atomic E-state index is 12.3. The molecular formula is C18H33N3O2. The van der Waals surface area contributed by atoms with Crippen molar-refractivity contribution in [1.29, 1.82) is 0 Å². The van der Waals surface area contributed by atoms with Gasteiger partial charge in [-0.1, -0.05) is 20.8 Å². The Morgan fingerprint density at radius 3 is 2.22 bits per heavy atom. The highest BCUT2D eigenvalue weighted by molar-refractivity contribution is 5.82. The largest absolute Gasteiger partial charge is 0.356 e. The molecule has 0 aromatic heterocycles. The van der Waals surface area contributed by atoms with Crippen LogP contribution in [0.3, 0.4) is 0 Å². The van der Waals surface area contributed by atoms with Crippen molar-refractivity contribution in [3.05, 3.63) is 0 Å². The van der Waals surface area contributed by atoms with Gasteiger partial charge in [-0.3, -0.25) is 9.59 Å². The second-order valence-corrected chi connectivity index (χ2v) is 8.01. The number of piperidine rings is 1. The number of hydrogen-bond acceptors (Lipinski definition) is 3. The Morgan fingerprint density at radius 1 is 1.04 bits per heavy atom. The van der Waals surface area contributed by atoms with Crippen LogP contribution in [0.5, 0.6) is 0 Å². The molecule has 0 atom stereocenters. The summed E-state index contributed by atoms with van der Waals surface area (Å²) in [6, 6.07) is 0. The van der Waals surface area contributed by atoms with Gasteiger partial charge >= 0.3 is 0 Å². The summed E-state index contributed by atoms with van der Waals surface area (Å²) in [5, 5.41) is 3.08. The molecule has 0 bridgehead atoms. The summed E-state index contributed by atoms with van der Waals surface area (Å²) in [5.41, 5.74) is -0.329. The molecule has 0 radical (unpaired) electrons. The fourth-order valence-electron chi connectivity index (χ4n) is 3.48. The lowest BCUT2D eigenvalue weighted by atomic mass is 9.90. The summed E-state index contributed by atoms with van der Waals surface area (Å²) in [4.78, 5) is 28.9. The highest BCUT2D eigenvalue weighted by Crippen LogP contribution is 2.23. The highest BCUT2D eigenvalue weighted by Gasteiger charge is 2.32. The number of amides is 2. The molecule has 0 unspecified atom stereocenters. The van der Waals surface area contributed by atoms with Crippen molar-refractivity contribution in [2.24, 2.45) is 11.3 Å². The fourth-order valence-corrected chi connectivity index (χ4v) is 3.48. The summed E-state index contributed by atoms with van der Waals surface area (Å²) in [6.45, 7) is 11.6. The van der Waals surface area contributed by atoms with Gasteiger partial charge in [0.1, 0.15) is 0 Å². The van der Waals surface area contributed by atoms with Gasteiger partial charge in [-0.15, -0.1) is 0 Å². The van der Waals surface area contributed by atoms with E-state index >= 15 is 0 Å². The average Bonchev–Trinajstić information content (AvgIpc) is 3.03. The zero-order valence-corrected chi connectivity index (χ0v) is 15.1. The van der Waals surface area contributed by atoms with Gasteiger partial charge in [0.25, 0.3) is 0 Å². The molecular weight excluding hydrogens is 290 g/mol. The van der Waals surface area contributed by atoms with Gasteiger partial charge in [0.05, 0.1) is 0 Å². The van der Waals surface area contributed by atoms with E-state index in [2.05, 4.69) is 10.2 Å². The van der Waals surface area contributed by atoms with E-state index in [1.54, 1.807) is 0 Å². The molecule has 0 spiro atoms. The standard InChI is InChI=1S/C18H33N3O2/c1-18(2,3)17(23)21-13-7-15(8-14-21)16(22)19-9-6-12-20-10-4-5-11-20/h15H,4-14H2,1-3H3,(H,19,22). The number of nitrogens with one attached hydrogen (secondary N) is 1. The second-order valence-electron chi connectivity index (χ2n) is 8.01. The lowest BCUT2D eigenvalue weighted by Crippen LogP contribution is -2.46. The van der Waals surface area contributed by atoms with Crippen molar-refractivity contribution in [2.45, 2.75) is 52.9 Å². The third-order valence-corrected chi connectivity index (χ3v) is 4.94. The molecule has 132 valence electrons. The Bertz CT molecular complexity index is 403. The molecule has 23 heavy (non-hydrogen) atoms. The molecule has 2 aliphatic rings. The van der Waals surface area contributed by atoms with Crippen LogP contribution in [0, 0.1) is 11.3 Å². The van der Waals surface area contributed by atoms with Gasteiger partial charge in [0.15, 0.2) is 0 Å². The second kappa shape index (κ2) is 8.13. The normalized spacial score (nSPS) is 20.7. The maximum atomic E-state index is 12.3. The molecule has 2 amide bonds. The first-order valence-electron chi connectivity index (χ1n) is 9.17. The number of nitrogens with zero attached hydrogens (tertiary/aromatic N) is 2. The van der Waals surface area contributed by atoms with Crippen LogP contribution in [0.1, 0.15) is 52.9 Å². The molecule has 0 aliphatic carbocycles. The zero-order chi connectivity index (χ0) is 16.9. The van der Waals surface area contributed by atoms with Crippen LogP contribution >= 0.6 is 0 Å². The third kappa shape index (κ3) is 5.48. The van der Waals surface area contributed by atoms with E-state index in [-0.39, 0.29) is 23.1 Å². The summed E-state index contributed by atoms with van der Waals surface area (Å²) in [5.74, 6) is 0.446. The topological polar surface area (TPSA) is 52.7 Å². The molecule has 0 aromatic carbocycles. The molecule has 5 heteroatoms. The van der Waals surface area contributed by atoms with Crippen molar-refractivity contribution < 1.29 is 9.59 Å². The van der Waals surface area contributed by atoms with E-state index in [1.807, 2.05) is 25.7 Å². The molecule has 2 saturated heterocycles. The highest BCUT2D eigenvalue weighted by atomic mass is 16.2. The van der Waals surface area contributed by atoms with Crippen molar-refractivity contribution in [3.63, 3.8) is 0 Å². The van der Waals surface area contributed by atoms with E-state index in [0.29, 0.717) is 13.1 Å². The average molecular weight is 323 g/mol. The minimum absolute atomic E-state index is 0.0748. The molecule has 2 aliphatic heterocycles. The van der Waals surface area contributed by atoms with Crippen LogP contribution in [-0.2, 0) is 9.59 Å². The Balaban J connectivity index is 1.62. The number of rotatable bonds is 5. The van der Waals surface area contributed by atoms with Gasteiger partial charge in [0.2, 0.25) is 11.8 Å². The first kappa shape index (κ1) is 18.2. The van der Waals surface area contributed by atoms with E-state index in [0.717, 1.165) is 32.4 Å². The molecule has 5 nitrogen and oxygen atoms in total.